The highest BCUT2D eigenvalue weighted by atomic mass is 16.5. The Morgan fingerprint density at radius 2 is 1.24 bits per heavy atom. The largest absolute Gasteiger partial charge is 0.452 e. The second-order valence-electron chi connectivity index (χ2n) is 20.2. The molecule has 0 saturated carbocycles. The van der Waals surface area contributed by atoms with Gasteiger partial charge in [0, 0.05) is 46.6 Å². The van der Waals surface area contributed by atoms with E-state index in [2.05, 4.69) is 21.3 Å². The van der Waals surface area contributed by atoms with Gasteiger partial charge in [0.1, 0.15) is 29.6 Å². The molecule has 1 aliphatic heterocycles. The van der Waals surface area contributed by atoms with E-state index in [1.54, 1.807) is 65.0 Å². The fourth-order valence-electron chi connectivity index (χ4n) is 8.43. The molecule has 1 heterocycles. The molecule has 1 aromatic carbocycles. The third kappa shape index (κ3) is 15.8. The van der Waals surface area contributed by atoms with Crippen molar-refractivity contribution in [2.75, 3.05) is 41.3 Å². The summed E-state index contributed by atoms with van der Waals surface area (Å²) < 4.78 is 5.82. The maximum atomic E-state index is 14.5. The minimum atomic E-state index is -1.77. The summed E-state index contributed by atoms with van der Waals surface area (Å²) in [6, 6.07) is 2.34. The number of nitrogens with one attached hydrogen (secondary N) is 4. The van der Waals surface area contributed by atoms with Crippen molar-refractivity contribution >= 4 is 59.0 Å². The molecule has 70 heavy (non-hydrogen) atoms. The lowest BCUT2D eigenvalue weighted by atomic mass is 9.82. The highest BCUT2D eigenvalue weighted by molar-refractivity contribution is 6.09. The molecular weight excluding hydrogens is 901 g/mol. The van der Waals surface area contributed by atoms with E-state index < -0.39 is 138 Å². The second-order valence-corrected chi connectivity index (χ2v) is 20.2. The Kier molecular flexibility index (Phi) is 23.2. The monoisotopic (exact) mass is 983 g/mol. The zero-order valence-electron chi connectivity index (χ0n) is 44.5. The topological polar surface area (TPSA) is 241 Å². The van der Waals surface area contributed by atoms with Crippen LogP contribution in [0.5, 0.6) is 0 Å². The van der Waals surface area contributed by atoms with E-state index in [4.69, 9.17) is 4.74 Å². The van der Waals surface area contributed by atoms with Crippen LogP contribution >= 0.6 is 0 Å². The van der Waals surface area contributed by atoms with E-state index in [9.17, 15) is 47.9 Å². The average molecular weight is 983 g/mol. The Bertz CT molecular complexity index is 2030. The number of rotatable bonds is 9. The number of likely N-dealkylation sites (N-methyl/N-ethyl adjacent to an activating group) is 4. The lowest BCUT2D eigenvalue weighted by Crippen LogP contribution is -2.60. The van der Waals surface area contributed by atoms with Crippen molar-refractivity contribution in [3.05, 3.63) is 35.9 Å². The van der Waals surface area contributed by atoms with Gasteiger partial charge in [0.15, 0.2) is 11.9 Å². The zero-order valence-corrected chi connectivity index (χ0v) is 44.5. The molecule has 1 fully saturated rings. The number of nitrogens with zero attached hydrogens (tertiary/aromatic N) is 4. The van der Waals surface area contributed by atoms with E-state index in [1.807, 2.05) is 20.8 Å². The van der Waals surface area contributed by atoms with Crippen LogP contribution in [0.2, 0.25) is 0 Å². The van der Waals surface area contributed by atoms with Crippen LogP contribution in [0.25, 0.3) is 0 Å². The van der Waals surface area contributed by atoms with Gasteiger partial charge in [0.25, 0.3) is 5.91 Å². The van der Waals surface area contributed by atoms with Gasteiger partial charge in [-0.2, -0.15) is 0 Å². The first-order valence-electron chi connectivity index (χ1n) is 24.5. The third-order valence-electron chi connectivity index (χ3n) is 13.5. The van der Waals surface area contributed by atoms with Gasteiger partial charge in [0.05, 0.1) is 25.0 Å². The summed E-state index contributed by atoms with van der Waals surface area (Å²) in [6.07, 6.45) is 0.191. The van der Waals surface area contributed by atoms with Gasteiger partial charge in [0.2, 0.25) is 41.4 Å². The SMILES string of the molecule is CCC[C@H]1NC(=O)[C@H](C)N(C)C(=O)C(C)(C)C(=O)[C@H](C)NC(=O)[C@H](Cc2ccccc2)N(C)C(=O)[C@H](C(C)C)N(C)C(=O)CNC(=O)[C@H](CC(C)C)N(C)C(=O)CNC(=O)[C@H]([C@@H](C)CC)OC(=O)[C@H]1C. The minimum absolute atomic E-state index is 0.0208. The standard InChI is InChI=1S/C51H82N8O11/c1-17-22-36-32(8)49(68)70-42(31(7)18-2)47(66)53-27-39(60)57(14)37(25-29(3)4)45(64)52-28-40(61)59(16)41(30(5)6)48(67)58(15)38(26-35-23-20-19-21-24-35)46(65)54-33(9)43(62)51(11,12)50(69)56(13)34(10)44(63)55-36/h19-21,23-24,29-34,36-38,41-42H,17-18,22,25-28H2,1-16H3,(H,52,64)(H,53,66)(H,54,65)(H,55,63)/t31-,32-,33-,34-,36+,37-,38-,41-,42-/m0/s1. The molecule has 1 saturated heterocycles. The van der Waals surface area contributed by atoms with Crippen LogP contribution in [0.4, 0.5) is 0 Å². The number of ether oxygens (including phenoxy) is 1. The van der Waals surface area contributed by atoms with Crippen molar-refractivity contribution < 1.29 is 52.7 Å². The molecule has 0 aliphatic carbocycles. The first-order valence-corrected chi connectivity index (χ1v) is 24.5. The quantitative estimate of drug-likeness (QED) is 0.207. The Morgan fingerprint density at radius 3 is 1.77 bits per heavy atom. The summed E-state index contributed by atoms with van der Waals surface area (Å²) in [5.41, 5.74) is -1.07. The van der Waals surface area contributed by atoms with Gasteiger partial charge < -0.3 is 45.6 Å². The molecular formula is C51H82N8O11. The fourth-order valence-corrected chi connectivity index (χ4v) is 8.43. The van der Waals surface area contributed by atoms with Crippen LogP contribution in [-0.4, -0.2) is 162 Å². The first-order chi connectivity index (χ1) is 32.5. The molecule has 0 unspecified atom stereocenters. The number of hydrogen-bond acceptors (Lipinski definition) is 11. The number of esters is 1. The number of ketones is 1. The van der Waals surface area contributed by atoms with Gasteiger partial charge in [-0.3, -0.25) is 47.9 Å². The molecule has 0 radical (unpaired) electrons. The number of hydrogen-bond donors (Lipinski definition) is 4. The second kappa shape index (κ2) is 26.9. The van der Waals surface area contributed by atoms with Crippen LogP contribution in [0.1, 0.15) is 114 Å². The van der Waals surface area contributed by atoms with E-state index in [-0.39, 0.29) is 18.8 Å². The zero-order chi connectivity index (χ0) is 53.5. The molecule has 8 amide bonds. The maximum absolute atomic E-state index is 14.5. The lowest BCUT2D eigenvalue weighted by Gasteiger charge is -2.37. The Labute approximate surface area is 415 Å². The number of carbonyl (C=O) groups excluding carboxylic acids is 10. The van der Waals surface area contributed by atoms with E-state index in [0.717, 1.165) is 4.90 Å². The van der Waals surface area contributed by atoms with E-state index in [1.165, 1.54) is 70.6 Å². The Hall–Kier alpha value is -5.88. The molecule has 9 atom stereocenters. The molecule has 392 valence electrons. The third-order valence-corrected chi connectivity index (χ3v) is 13.5. The molecule has 19 heteroatoms. The van der Waals surface area contributed by atoms with Crippen LogP contribution in [0.15, 0.2) is 30.3 Å². The molecule has 0 bridgehead atoms. The van der Waals surface area contributed by atoms with E-state index >= 15 is 0 Å². The molecule has 4 N–H and O–H groups in total. The fraction of sp³-hybridized carbons (Fsp3) is 0.686. The van der Waals surface area contributed by atoms with Gasteiger partial charge in [-0.15, -0.1) is 0 Å². The number of Topliss-reactive ketones (excluding diaryl/α,β-unsaturated/α-hetero) is 1. The van der Waals surface area contributed by atoms with Gasteiger partial charge in [-0.25, -0.2) is 0 Å². The lowest BCUT2D eigenvalue weighted by molar-refractivity contribution is -0.164. The smallest absolute Gasteiger partial charge is 0.311 e. The van der Waals surface area contributed by atoms with Gasteiger partial charge in [-0.1, -0.05) is 85.2 Å². The summed E-state index contributed by atoms with van der Waals surface area (Å²) >= 11 is 0. The molecule has 2 rings (SSSR count). The van der Waals surface area contributed by atoms with Crippen molar-refractivity contribution in [1.82, 2.24) is 40.9 Å². The van der Waals surface area contributed by atoms with Crippen LogP contribution < -0.4 is 21.3 Å². The van der Waals surface area contributed by atoms with E-state index in [0.29, 0.717) is 24.8 Å². The summed E-state index contributed by atoms with van der Waals surface area (Å²) in [5.74, 6) is -8.77. The predicted octanol–water partition coefficient (Wildman–Crippen LogP) is 2.48. The van der Waals surface area contributed by atoms with Crippen molar-refractivity contribution in [2.45, 2.75) is 158 Å². The van der Waals surface area contributed by atoms with Gasteiger partial charge in [-0.05, 0) is 71.3 Å². The number of benzene rings is 1. The highest BCUT2D eigenvalue weighted by Crippen LogP contribution is 2.25. The molecule has 1 aromatic rings. The number of amides is 8. The summed E-state index contributed by atoms with van der Waals surface area (Å²) in [4.78, 5) is 145. The molecule has 0 aromatic heterocycles. The molecule has 1 aliphatic rings. The van der Waals surface area contributed by atoms with Crippen LogP contribution in [-0.2, 0) is 59.1 Å². The normalized spacial score (nSPS) is 26.9. The maximum Gasteiger partial charge on any atom is 0.311 e. The van der Waals surface area contributed by atoms with Crippen molar-refractivity contribution in [2.24, 2.45) is 29.1 Å². The summed E-state index contributed by atoms with van der Waals surface area (Å²) in [5, 5.41) is 10.8. The summed E-state index contributed by atoms with van der Waals surface area (Å²) in [6.45, 7) is 18.7. The predicted molar refractivity (Wildman–Crippen MR) is 264 cm³/mol. The van der Waals surface area contributed by atoms with Crippen molar-refractivity contribution in [3.8, 4) is 0 Å². The Morgan fingerprint density at radius 1 is 0.686 bits per heavy atom. The van der Waals surface area contributed by atoms with Crippen LogP contribution in [0.3, 0.4) is 0 Å². The van der Waals surface area contributed by atoms with Crippen molar-refractivity contribution in [1.29, 1.82) is 0 Å². The summed E-state index contributed by atoms with van der Waals surface area (Å²) in [7, 11) is 5.63. The minimum Gasteiger partial charge on any atom is -0.452 e. The Balaban J connectivity index is 2.71. The number of cyclic esters (lactones) is 1. The van der Waals surface area contributed by atoms with Gasteiger partial charge >= 0.3 is 5.97 Å². The van der Waals surface area contributed by atoms with Crippen LogP contribution in [0, 0.1) is 29.1 Å². The number of carbonyl (C=O) groups is 10. The average Bonchev–Trinajstić information content (AvgIpc) is 3.32. The van der Waals surface area contributed by atoms with Crippen molar-refractivity contribution in [3.63, 3.8) is 0 Å². The first kappa shape index (κ1) is 60.2. The molecule has 19 nitrogen and oxygen atoms in total. The highest BCUT2D eigenvalue weighted by Gasteiger charge is 2.45. The molecule has 0 spiro atoms.